The molecule has 0 aliphatic carbocycles. The van der Waals surface area contributed by atoms with Gasteiger partial charge in [-0.15, -0.1) is 6.42 Å². The molecule has 0 fully saturated rings. The van der Waals surface area contributed by atoms with Crippen LogP contribution in [0.5, 0.6) is 17.2 Å². The molecule has 0 bridgehead atoms. The summed E-state index contributed by atoms with van der Waals surface area (Å²) < 4.78 is 19.2. The first-order valence-electron chi connectivity index (χ1n) is 17.4. The summed E-state index contributed by atoms with van der Waals surface area (Å²) in [6, 6.07) is 11.8. The molecule has 0 radical (unpaired) electrons. The maximum Gasteiger partial charge on any atom is 0.203 e. The van der Waals surface area contributed by atoms with Gasteiger partial charge in [-0.3, -0.25) is 0 Å². The van der Waals surface area contributed by atoms with E-state index < -0.39 is 0 Å². The highest BCUT2D eigenvalue weighted by atomic mass is 16.5. The highest BCUT2D eigenvalue weighted by Crippen LogP contribution is 2.39. The van der Waals surface area contributed by atoms with E-state index in [1.807, 2.05) is 36.4 Å². The largest absolute Gasteiger partial charge is 0.490 e. The molecule has 0 aromatic heterocycles. The van der Waals surface area contributed by atoms with Crippen LogP contribution in [-0.4, -0.2) is 19.8 Å². The highest BCUT2D eigenvalue weighted by molar-refractivity contribution is 5.58. The van der Waals surface area contributed by atoms with Crippen molar-refractivity contribution in [2.45, 2.75) is 136 Å². The van der Waals surface area contributed by atoms with Gasteiger partial charge in [-0.25, -0.2) is 0 Å². The van der Waals surface area contributed by atoms with Gasteiger partial charge in [0.05, 0.1) is 19.8 Å². The second kappa shape index (κ2) is 24.4. The number of hydrogen-bond acceptors (Lipinski definition) is 3. The number of ether oxygens (including phenoxy) is 3. The number of unbranched alkanes of at least 4 members (excludes halogenated alkanes) is 15. The van der Waals surface area contributed by atoms with E-state index in [1.165, 1.54) is 96.3 Å². The molecule has 0 unspecified atom stereocenters. The normalized spacial score (nSPS) is 10.6. The first kappa shape index (κ1) is 36.2. The fourth-order valence-corrected chi connectivity index (χ4v) is 4.99. The molecule has 0 saturated heterocycles. The van der Waals surface area contributed by atoms with Crippen molar-refractivity contribution in [2.75, 3.05) is 19.8 Å². The van der Waals surface area contributed by atoms with Gasteiger partial charge in [0.15, 0.2) is 11.5 Å². The molecule has 0 heterocycles. The summed E-state index contributed by atoms with van der Waals surface area (Å²) in [7, 11) is 0. The van der Waals surface area contributed by atoms with Crippen LogP contribution >= 0.6 is 0 Å². The van der Waals surface area contributed by atoms with Gasteiger partial charge >= 0.3 is 0 Å². The SMILES string of the molecule is C#Cc1ccc(C#Cc2cc(OCCCCCCCC)c(OCCCCCCCC)c(OCCCCCCCC)c2)cc1. The second-order valence-electron chi connectivity index (χ2n) is 11.6. The van der Waals surface area contributed by atoms with Crippen LogP contribution in [0.25, 0.3) is 0 Å². The number of hydrogen-bond donors (Lipinski definition) is 0. The van der Waals surface area contributed by atoms with E-state index in [9.17, 15) is 0 Å². The first-order valence-corrected chi connectivity index (χ1v) is 17.4. The molecule has 0 aliphatic heterocycles. The van der Waals surface area contributed by atoms with Crippen molar-refractivity contribution in [3.05, 3.63) is 53.1 Å². The van der Waals surface area contributed by atoms with Gasteiger partial charge in [-0.05, 0) is 55.7 Å². The predicted octanol–water partition coefficient (Wildman–Crippen LogP) is 11.3. The Morgan fingerprint density at radius 1 is 0.465 bits per heavy atom. The molecule has 0 aliphatic rings. The maximum atomic E-state index is 6.42. The molecule has 43 heavy (non-hydrogen) atoms. The molecule has 236 valence electrons. The molecule has 0 amide bonds. The van der Waals surface area contributed by atoms with Crippen LogP contribution in [0.2, 0.25) is 0 Å². The average Bonchev–Trinajstić information content (AvgIpc) is 3.03. The number of benzene rings is 2. The molecule has 0 atom stereocenters. The molecule has 2 rings (SSSR count). The summed E-state index contributed by atoms with van der Waals surface area (Å²) in [5, 5.41) is 0. The minimum Gasteiger partial charge on any atom is -0.490 e. The molecule has 2 aromatic rings. The van der Waals surface area contributed by atoms with Gasteiger partial charge in [-0.1, -0.05) is 135 Å². The Bertz CT molecular complexity index is 1040. The first-order chi connectivity index (χ1) is 21.2. The Kier molecular flexibility index (Phi) is 20.5. The summed E-state index contributed by atoms with van der Waals surface area (Å²) in [5.41, 5.74) is 2.64. The zero-order chi connectivity index (χ0) is 30.8. The molecule has 2 aromatic carbocycles. The Morgan fingerprint density at radius 3 is 1.28 bits per heavy atom. The van der Waals surface area contributed by atoms with Crippen LogP contribution in [0.4, 0.5) is 0 Å². The van der Waals surface area contributed by atoms with E-state index in [-0.39, 0.29) is 0 Å². The van der Waals surface area contributed by atoms with E-state index >= 15 is 0 Å². The summed E-state index contributed by atoms with van der Waals surface area (Å²) in [4.78, 5) is 0. The lowest BCUT2D eigenvalue weighted by Crippen LogP contribution is -2.07. The third kappa shape index (κ3) is 16.4. The fourth-order valence-electron chi connectivity index (χ4n) is 4.99. The van der Waals surface area contributed by atoms with Crippen LogP contribution in [0.15, 0.2) is 36.4 Å². The van der Waals surface area contributed by atoms with Crippen LogP contribution in [0, 0.1) is 24.2 Å². The summed E-state index contributed by atoms with van der Waals surface area (Å²) >= 11 is 0. The Morgan fingerprint density at radius 2 is 0.837 bits per heavy atom. The summed E-state index contributed by atoms with van der Waals surface area (Å²) in [6.07, 6.45) is 27.6. The predicted molar refractivity (Wildman–Crippen MR) is 183 cm³/mol. The minimum atomic E-state index is 0.666. The van der Waals surface area contributed by atoms with E-state index in [2.05, 4.69) is 38.5 Å². The van der Waals surface area contributed by atoms with Crippen molar-refractivity contribution in [1.82, 2.24) is 0 Å². The molecular weight excluding hydrogens is 528 g/mol. The lowest BCUT2D eigenvalue weighted by molar-refractivity contribution is 0.234. The molecular formula is C40H58O3. The average molecular weight is 587 g/mol. The van der Waals surface area contributed by atoms with Gasteiger partial charge in [-0.2, -0.15) is 0 Å². The number of terminal acetylenes is 1. The van der Waals surface area contributed by atoms with E-state index in [0.29, 0.717) is 19.8 Å². The van der Waals surface area contributed by atoms with Crippen molar-refractivity contribution in [2.24, 2.45) is 0 Å². The topological polar surface area (TPSA) is 27.7 Å². The molecule has 0 N–H and O–H groups in total. The molecule has 3 heteroatoms. The number of rotatable bonds is 24. The third-order valence-corrected chi connectivity index (χ3v) is 7.68. The van der Waals surface area contributed by atoms with Crippen LogP contribution < -0.4 is 14.2 Å². The fraction of sp³-hybridized carbons (Fsp3) is 0.600. The van der Waals surface area contributed by atoms with Gasteiger partial charge < -0.3 is 14.2 Å². The summed E-state index contributed by atoms with van der Waals surface area (Å²) in [6.45, 7) is 8.76. The Hall–Kier alpha value is -3.04. The smallest absolute Gasteiger partial charge is 0.203 e. The minimum absolute atomic E-state index is 0.666. The molecule has 0 saturated carbocycles. The van der Waals surface area contributed by atoms with Crippen LogP contribution in [-0.2, 0) is 0 Å². The van der Waals surface area contributed by atoms with Gasteiger partial charge in [0, 0.05) is 16.7 Å². The Balaban J connectivity index is 2.20. The van der Waals surface area contributed by atoms with Gasteiger partial charge in [0.1, 0.15) is 0 Å². The van der Waals surface area contributed by atoms with E-state index in [0.717, 1.165) is 53.2 Å². The van der Waals surface area contributed by atoms with Crippen LogP contribution in [0.3, 0.4) is 0 Å². The molecule has 3 nitrogen and oxygen atoms in total. The second-order valence-corrected chi connectivity index (χ2v) is 11.6. The highest BCUT2D eigenvalue weighted by Gasteiger charge is 2.16. The molecule has 0 spiro atoms. The van der Waals surface area contributed by atoms with Crippen molar-refractivity contribution in [3.8, 4) is 41.4 Å². The maximum absolute atomic E-state index is 6.42. The summed E-state index contributed by atoms with van der Waals surface area (Å²) in [5.74, 6) is 11.5. The van der Waals surface area contributed by atoms with Crippen molar-refractivity contribution in [1.29, 1.82) is 0 Å². The van der Waals surface area contributed by atoms with E-state index in [1.54, 1.807) is 0 Å². The standard InChI is InChI=1S/C40H58O3/c1-5-9-12-15-18-21-30-41-38-33-37(29-28-36-26-24-35(8-4)25-27-36)34-39(42-31-22-19-16-13-10-6-2)40(38)43-32-23-20-17-14-11-7-3/h4,24-27,33-34H,5-7,9-23,30-32H2,1-3H3. The lowest BCUT2D eigenvalue weighted by atomic mass is 10.1. The van der Waals surface area contributed by atoms with Gasteiger partial charge in [0.25, 0.3) is 0 Å². The van der Waals surface area contributed by atoms with Crippen molar-refractivity contribution < 1.29 is 14.2 Å². The quantitative estimate of drug-likeness (QED) is 0.0904. The van der Waals surface area contributed by atoms with Crippen molar-refractivity contribution in [3.63, 3.8) is 0 Å². The third-order valence-electron chi connectivity index (χ3n) is 7.68. The van der Waals surface area contributed by atoms with Crippen molar-refractivity contribution >= 4 is 0 Å². The lowest BCUT2D eigenvalue weighted by Gasteiger charge is -2.18. The zero-order valence-electron chi connectivity index (χ0n) is 27.6. The zero-order valence-corrected chi connectivity index (χ0v) is 27.6. The Labute approximate surface area is 264 Å². The monoisotopic (exact) mass is 586 g/mol. The van der Waals surface area contributed by atoms with Crippen LogP contribution in [0.1, 0.15) is 153 Å². The van der Waals surface area contributed by atoms with Gasteiger partial charge in [0.2, 0.25) is 5.75 Å². The van der Waals surface area contributed by atoms with E-state index in [4.69, 9.17) is 20.6 Å².